The van der Waals surface area contributed by atoms with E-state index < -0.39 is 12.7 Å². The molecule has 0 fully saturated rings. The lowest BCUT2D eigenvalue weighted by molar-refractivity contribution is 0.107. The summed E-state index contributed by atoms with van der Waals surface area (Å²) in [6, 6.07) is 22.1. The lowest BCUT2D eigenvalue weighted by atomic mass is 10.2. The average Bonchev–Trinajstić information content (AvgIpc) is 2.73. The Morgan fingerprint density at radius 3 is 2.00 bits per heavy atom. The van der Waals surface area contributed by atoms with Crippen molar-refractivity contribution >= 4 is 23.3 Å². The summed E-state index contributed by atoms with van der Waals surface area (Å²) in [4.78, 5) is 13.3. The van der Waals surface area contributed by atoms with Gasteiger partial charge in [0.15, 0.2) is 0 Å². The molecule has 0 aliphatic rings. The molecule has 0 radical (unpaired) electrons. The summed E-state index contributed by atoms with van der Waals surface area (Å²) in [5, 5.41) is 10.1. The summed E-state index contributed by atoms with van der Waals surface area (Å²) >= 11 is 0. The van der Waals surface area contributed by atoms with Gasteiger partial charge >= 0.3 is 0 Å². The van der Waals surface area contributed by atoms with E-state index in [-0.39, 0.29) is 6.61 Å². The number of rotatable bonds is 6. The highest BCUT2D eigenvalue weighted by Crippen LogP contribution is 2.47. The van der Waals surface area contributed by atoms with E-state index >= 15 is 0 Å². The third-order valence-corrected chi connectivity index (χ3v) is 7.11. The highest BCUT2D eigenvalue weighted by atomic mass is 31.2. The molecule has 3 rings (SSSR count). The van der Waals surface area contributed by atoms with Crippen molar-refractivity contribution in [2.24, 2.45) is 0 Å². The summed E-state index contributed by atoms with van der Waals surface area (Å²) in [5.41, 5.74) is 0.615. The fourth-order valence-corrected chi connectivity index (χ4v) is 5.19. The van der Waals surface area contributed by atoms with Crippen LogP contribution in [0, 0.1) is 0 Å². The molecule has 26 heavy (non-hydrogen) atoms. The molecule has 4 nitrogen and oxygen atoms in total. The van der Waals surface area contributed by atoms with Crippen LogP contribution in [0.4, 0.5) is 0 Å². The minimum absolute atomic E-state index is 0.108. The van der Waals surface area contributed by atoms with Crippen LogP contribution in [0.5, 0.6) is 5.75 Å². The van der Waals surface area contributed by atoms with Crippen LogP contribution in [0.15, 0.2) is 78.9 Å². The van der Waals surface area contributed by atoms with E-state index in [9.17, 15) is 14.5 Å². The molecular weight excluding hydrogens is 347 g/mol. The van der Waals surface area contributed by atoms with E-state index in [1.165, 1.54) is 0 Å². The second-order valence-electron chi connectivity index (χ2n) is 5.80. The SMILES string of the molecule is COc1ccc(P(=O)(C(=O)c2ccc(CO)cc2)c2ccccc2)cc1. The Bertz CT molecular complexity index is 932. The van der Waals surface area contributed by atoms with Gasteiger partial charge in [0.25, 0.3) is 0 Å². The zero-order chi connectivity index (χ0) is 18.6. The Balaban J connectivity index is 2.13. The number of carbonyl (C=O) groups excluding carboxylic acids is 1. The Labute approximate surface area is 152 Å². The van der Waals surface area contributed by atoms with Crippen molar-refractivity contribution < 1.29 is 19.2 Å². The summed E-state index contributed by atoms with van der Waals surface area (Å²) in [7, 11) is -1.99. The molecule has 132 valence electrons. The van der Waals surface area contributed by atoms with Gasteiger partial charge in [0.1, 0.15) is 5.75 Å². The second-order valence-corrected chi connectivity index (χ2v) is 8.46. The van der Waals surface area contributed by atoms with Crippen LogP contribution >= 0.6 is 7.14 Å². The summed E-state index contributed by atoms with van der Waals surface area (Å²) < 4.78 is 19.2. The molecule has 0 aliphatic carbocycles. The number of benzene rings is 3. The van der Waals surface area contributed by atoms with E-state index in [1.54, 1.807) is 79.9 Å². The van der Waals surface area contributed by atoms with Crippen LogP contribution in [0.3, 0.4) is 0 Å². The largest absolute Gasteiger partial charge is 0.497 e. The summed E-state index contributed by atoms with van der Waals surface area (Å²) in [6.45, 7) is -0.108. The van der Waals surface area contributed by atoms with Gasteiger partial charge < -0.3 is 14.4 Å². The Morgan fingerprint density at radius 2 is 1.46 bits per heavy atom. The molecule has 0 amide bonds. The summed E-state index contributed by atoms with van der Waals surface area (Å²) in [5.74, 6) is 0.633. The van der Waals surface area contributed by atoms with Crippen LogP contribution in [-0.2, 0) is 11.2 Å². The average molecular weight is 366 g/mol. The van der Waals surface area contributed by atoms with Gasteiger partial charge in [0.05, 0.1) is 13.7 Å². The minimum Gasteiger partial charge on any atom is -0.497 e. The predicted octanol–water partition coefficient (Wildman–Crippen LogP) is 3.34. The molecular formula is C21H19O4P. The molecule has 5 heteroatoms. The third-order valence-electron chi connectivity index (χ3n) is 4.23. The molecule has 0 saturated carbocycles. The standard InChI is InChI=1S/C21H19O4P/c1-25-18-11-13-20(14-12-18)26(24,19-5-3-2-4-6-19)21(23)17-9-7-16(15-22)8-10-17/h2-14,22H,15H2,1H3. The molecule has 0 saturated heterocycles. The van der Waals surface area contributed by atoms with Crippen molar-refractivity contribution in [3.63, 3.8) is 0 Å². The van der Waals surface area contributed by atoms with Crippen molar-refractivity contribution in [2.75, 3.05) is 7.11 Å². The molecule has 3 aromatic rings. The van der Waals surface area contributed by atoms with Gasteiger partial charge in [-0.15, -0.1) is 0 Å². The van der Waals surface area contributed by atoms with Gasteiger partial charge in [-0.2, -0.15) is 0 Å². The number of aliphatic hydroxyl groups is 1. The maximum Gasteiger partial charge on any atom is 0.230 e. The number of methoxy groups -OCH3 is 1. The third kappa shape index (κ3) is 3.34. The van der Waals surface area contributed by atoms with Crippen molar-refractivity contribution in [3.8, 4) is 5.75 Å². The number of aliphatic hydroxyl groups excluding tert-OH is 1. The first-order valence-electron chi connectivity index (χ1n) is 8.14. The molecule has 1 N–H and O–H groups in total. The molecule has 1 unspecified atom stereocenters. The zero-order valence-corrected chi connectivity index (χ0v) is 15.2. The topological polar surface area (TPSA) is 63.6 Å². The van der Waals surface area contributed by atoms with Gasteiger partial charge in [-0.25, -0.2) is 0 Å². The van der Waals surface area contributed by atoms with E-state index in [0.29, 0.717) is 27.5 Å². The van der Waals surface area contributed by atoms with E-state index in [0.717, 1.165) is 0 Å². The van der Waals surface area contributed by atoms with Gasteiger partial charge in [-0.3, -0.25) is 4.79 Å². The quantitative estimate of drug-likeness (QED) is 0.680. The molecule has 0 spiro atoms. The lowest BCUT2D eigenvalue weighted by Gasteiger charge is -2.18. The van der Waals surface area contributed by atoms with Crippen LogP contribution in [0.1, 0.15) is 15.9 Å². The minimum atomic E-state index is -3.55. The van der Waals surface area contributed by atoms with Gasteiger partial charge in [0.2, 0.25) is 12.7 Å². The number of hydrogen-bond acceptors (Lipinski definition) is 4. The molecule has 0 aromatic heterocycles. The van der Waals surface area contributed by atoms with Crippen molar-refractivity contribution in [1.82, 2.24) is 0 Å². The zero-order valence-electron chi connectivity index (χ0n) is 14.3. The van der Waals surface area contributed by atoms with Crippen molar-refractivity contribution in [3.05, 3.63) is 90.0 Å². The molecule has 0 aliphatic heterocycles. The van der Waals surface area contributed by atoms with Gasteiger partial charge in [-0.05, 0) is 29.8 Å². The number of ether oxygens (including phenoxy) is 1. The summed E-state index contributed by atoms with van der Waals surface area (Å²) in [6.07, 6.45) is 0. The maximum atomic E-state index is 14.0. The maximum absolute atomic E-state index is 14.0. The predicted molar refractivity (Wildman–Crippen MR) is 103 cm³/mol. The van der Waals surface area contributed by atoms with Crippen LogP contribution in [0.25, 0.3) is 0 Å². The highest BCUT2D eigenvalue weighted by molar-refractivity contribution is 7.93. The van der Waals surface area contributed by atoms with E-state index in [2.05, 4.69) is 0 Å². The Hall–Kier alpha value is -2.68. The van der Waals surface area contributed by atoms with E-state index in [4.69, 9.17) is 4.74 Å². The first kappa shape index (κ1) is 18.1. The fraction of sp³-hybridized carbons (Fsp3) is 0.0952. The van der Waals surface area contributed by atoms with Crippen LogP contribution in [-0.4, -0.2) is 17.7 Å². The first-order chi connectivity index (χ1) is 12.6. The van der Waals surface area contributed by atoms with Crippen molar-refractivity contribution in [1.29, 1.82) is 0 Å². The smallest absolute Gasteiger partial charge is 0.230 e. The monoisotopic (exact) mass is 366 g/mol. The van der Waals surface area contributed by atoms with Crippen LogP contribution < -0.4 is 15.3 Å². The molecule has 3 aromatic carbocycles. The normalized spacial score (nSPS) is 13.0. The Kier molecular flexibility index (Phi) is 5.36. The van der Waals surface area contributed by atoms with Crippen LogP contribution in [0.2, 0.25) is 0 Å². The van der Waals surface area contributed by atoms with Gasteiger partial charge in [-0.1, -0.05) is 54.6 Å². The molecule has 1 atom stereocenters. The Morgan fingerprint density at radius 1 is 0.885 bits per heavy atom. The fourth-order valence-electron chi connectivity index (χ4n) is 2.75. The highest BCUT2D eigenvalue weighted by Gasteiger charge is 2.36. The number of hydrogen-bond donors (Lipinski definition) is 1. The first-order valence-corrected chi connectivity index (χ1v) is 9.85. The molecule has 0 bridgehead atoms. The lowest BCUT2D eigenvalue weighted by Crippen LogP contribution is -2.22. The van der Waals surface area contributed by atoms with E-state index in [1.807, 2.05) is 6.07 Å². The second kappa shape index (κ2) is 7.69. The molecule has 0 heterocycles. The van der Waals surface area contributed by atoms with Gasteiger partial charge in [0, 0.05) is 16.2 Å². The number of carbonyl (C=O) groups is 1. The van der Waals surface area contributed by atoms with Crippen molar-refractivity contribution in [2.45, 2.75) is 6.61 Å².